The van der Waals surface area contributed by atoms with Crippen molar-refractivity contribution in [3.05, 3.63) is 53.6 Å². The summed E-state index contributed by atoms with van der Waals surface area (Å²) in [4.78, 5) is 20.3. The fourth-order valence-electron chi connectivity index (χ4n) is 1.75. The molecule has 1 amide bonds. The zero-order valence-electron chi connectivity index (χ0n) is 12.5. The number of halogens is 2. The zero-order chi connectivity index (χ0) is 14.4. The van der Waals surface area contributed by atoms with Gasteiger partial charge in [0, 0.05) is 18.4 Å². The summed E-state index contributed by atoms with van der Waals surface area (Å²) in [5.41, 5.74) is 2.94. The normalized spacial score (nSPS) is 9.36. The minimum atomic E-state index is -0.249. The molecule has 1 aromatic carbocycles. The molecule has 1 aromatic heterocycles. The van der Waals surface area contributed by atoms with E-state index in [1.165, 1.54) is 6.20 Å². The maximum absolute atomic E-state index is 12.1. The van der Waals surface area contributed by atoms with Gasteiger partial charge in [0.2, 0.25) is 0 Å². The summed E-state index contributed by atoms with van der Waals surface area (Å²) in [7, 11) is 0. The van der Waals surface area contributed by atoms with Gasteiger partial charge in [-0.1, -0.05) is 25.1 Å². The number of benzene rings is 1. The van der Waals surface area contributed by atoms with Gasteiger partial charge in [-0.05, 0) is 25.1 Å². The van der Waals surface area contributed by atoms with Gasteiger partial charge in [-0.2, -0.15) is 0 Å². The summed E-state index contributed by atoms with van der Waals surface area (Å²) < 4.78 is 0. The second kappa shape index (κ2) is 10.1. The first-order valence-corrected chi connectivity index (χ1v) is 6.59. The summed E-state index contributed by atoms with van der Waals surface area (Å²) in [6.07, 6.45) is 3.07. The summed E-state index contributed by atoms with van der Waals surface area (Å²) in [6.45, 7) is 5.47. The van der Waals surface area contributed by atoms with E-state index >= 15 is 0 Å². The van der Waals surface area contributed by atoms with E-state index in [4.69, 9.17) is 0 Å². The van der Waals surface area contributed by atoms with Crippen molar-refractivity contribution in [1.82, 2.24) is 15.3 Å². The molecule has 0 fully saturated rings. The number of hydrogen-bond acceptors (Lipinski definition) is 4. The highest BCUT2D eigenvalue weighted by atomic mass is 35.5. The molecule has 1 heterocycles. The molecular formula is C15H20Cl2N4O. The van der Waals surface area contributed by atoms with Crippen LogP contribution < -0.4 is 10.6 Å². The topological polar surface area (TPSA) is 66.9 Å². The molecule has 2 rings (SSSR count). The standard InChI is InChI=1S/C15H18N4O.2ClH/c1-3-16-9-12-6-4-5-7-13(12)19-15(20)14-10-17-11(2)8-18-14;;/h4-8,10,16H,3,9H2,1-2H3,(H,19,20);2*1H. The van der Waals surface area contributed by atoms with Gasteiger partial charge < -0.3 is 10.6 Å². The number of nitrogens with zero attached hydrogens (tertiary/aromatic N) is 2. The molecule has 0 aliphatic heterocycles. The molecule has 0 radical (unpaired) electrons. The molecular weight excluding hydrogens is 323 g/mol. The van der Waals surface area contributed by atoms with Crippen LogP contribution in [0.25, 0.3) is 0 Å². The van der Waals surface area contributed by atoms with Crippen molar-refractivity contribution in [2.75, 3.05) is 11.9 Å². The Morgan fingerprint density at radius 3 is 2.50 bits per heavy atom. The van der Waals surface area contributed by atoms with Gasteiger partial charge in [-0.15, -0.1) is 24.8 Å². The van der Waals surface area contributed by atoms with Crippen molar-refractivity contribution in [3.8, 4) is 0 Å². The third-order valence-electron chi connectivity index (χ3n) is 2.84. The van der Waals surface area contributed by atoms with Crippen LogP contribution >= 0.6 is 24.8 Å². The van der Waals surface area contributed by atoms with E-state index in [0.717, 1.165) is 23.5 Å². The summed E-state index contributed by atoms with van der Waals surface area (Å²) in [5.74, 6) is -0.249. The number of para-hydroxylation sites is 1. The third-order valence-corrected chi connectivity index (χ3v) is 2.84. The van der Waals surface area contributed by atoms with Gasteiger partial charge in [-0.25, -0.2) is 4.98 Å². The van der Waals surface area contributed by atoms with E-state index in [2.05, 4.69) is 20.6 Å². The lowest BCUT2D eigenvalue weighted by Crippen LogP contribution is -2.18. The Kier molecular flexibility index (Phi) is 9.33. The van der Waals surface area contributed by atoms with Crippen molar-refractivity contribution in [3.63, 3.8) is 0 Å². The monoisotopic (exact) mass is 342 g/mol. The molecule has 0 aliphatic carbocycles. The van der Waals surface area contributed by atoms with Crippen LogP contribution in [0.15, 0.2) is 36.7 Å². The maximum atomic E-state index is 12.1. The van der Waals surface area contributed by atoms with Crippen LogP contribution in [0.2, 0.25) is 0 Å². The van der Waals surface area contributed by atoms with Crippen LogP contribution in [0.5, 0.6) is 0 Å². The average molecular weight is 343 g/mol. The molecule has 120 valence electrons. The highest BCUT2D eigenvalue weighted by molar-refractivity contribution is 6.03. The van der Waals surface area contributed by atoms with Crippen LogP contribution in [0.4, 0.5) is 5.69 Å². The van der Waals surface area contributed by atoms with E-state index in [-0.39, 0.29) is 30.7 Å². The van der Waals surface area contributed by atoms with Crippen molar-refractivity contribution in [1.29, 1.82) is 0 Å². The van der Waals surface area contributed by atoms with Gasteiger partial charge in [0.05, 0.1) is 11.9 Å². The van der Waals surface area contributed by atoms with Gasteiger partial charge in [0.25, 0.3) is 5.91 Å². The lowest BCUT2D eigenvalue weighted by Gasteiger charge is -2.11. The van der Waals surface area contributed by atoms with E-state index in [9.17, 15) is 4.79 Å². The second-order valence-corrected chi connectivity index (χ2v) is 4.43. The number of aryl methyl sites for hydroxylation is 1. The number of amides is 1. The highest BCUT2D eigenvalue weighted by Crippen LogP contribution is 2.15. The van der Waals surface area contributed by atoms with Gasteiger partial charge in [0.1, 0.15) is 5.69 Å². The fraction of sp³-hybridized carbons (Fsp3) is 0.267. The van der Waals surface area contributed by atoms with Crippen molar-refractivity contribution >= 4 is 36.4 Å². The molecule has 0 bridgehead atoms. The summed E-state index contributed by atoms with van der Waals surface area (Å²) in [6, 6.07) is 7.71. The molecule has 0 saturated carbocycles. The second-order valence-electron chi connectivity index (χ2n) is 4.43. The van der Waals surface area contributed by atoms with Crippen LogP contribution in [0, 0.1) is 6.92 Å². The van der Waals surface area contributed by atoms with E-state index < -0.39 is 0 Å². The van der Waals surface area contributed by atoms with Crippen LogP contribution in [-0.2, 0) is 6.54 Å². The first-order valence-electron chi connectivity index (χ1n) is 6.59. The number of nitrogens with one attached hydrogen (secondary N) is 2. The molecule has 0 spiro atoms. The Hall–Kier alpha value is -1.69. The maximum Gasteiger partial charge on any atom is 0.275 e. The summed E-state index contributed by atoms with van der Waals surface area (Å²) in [5, 5.41) is 6.12. The van der Waals surface area contributed by atoms with Gasteiger partial charge in [0.15, 0.2) is 0 Å². The first-order chi connectivity index (χ1) is 9.70. The molecule has 22 heavy (non-hydrogen) atoms. The first kappa shape index (κ1) is 20.3. The molecule has 5 nitrogen and oxygen atoms in total. The average Bonchev–Trinajstić information content (AvgIpc) is 2.47. The van der Waals surface area contributed by atoms with Gasteiger partial charge in [-0.3, -0.25) is 9.78 Å². The summed E-state index contributed by atoms with van der Waals surface area (Å²) >= 11 is 0. The Morgan fingerprint density at radius 1 is 1.14 bits per heavy atom. The van der Waals surface area contributed by atoms with Crippen molar-refractivity contribution in [2.45, 2.75) is 20.4 Å². The third kappa shape index (κ3) is 5.60. The molecule has 0 aliphatic rings. The van der Waals surface area contributed by atoms with Gasteiger partial charge >= 0.3 is 0 Å². The lowest BCUT2D eigenvalue weighted by atomic mass is 10.1. The van der Waals surface area contributed by atoms with Crippen LogP contribution in [0.1, 0.15) is 28.7 Å². The molecule has 7 heteroatoms. The molecule has 2 N–H and O–H groups in total. The Bertz CT molecular complexity index is 590. The van der Waals surface area contributed by atoms with Crippen LogP contribution in [-0.4, -0.2) is 22.4 Å². The van der Waals surface area contributed by atoms with Crippen molar-refractivity contribution < 1.29 is 4.79 Å². The highest BCUT2D eigenvalue weighted by Gasteiger charge is 2.10. The minimum Gasteiger partial charge on any atom is -0.320 e. The van der Waals surface area contributed by atoms with E-state index in [0.29, 0.717) is 12.2 Å². The minimum absolute atomic E-state index is 0. The van der Waals surface area contributed by atoms with Crippen LogP contribution in [0.3, 0.4) is 0 Å². The molecule has 0 saturated heterocycles. The Labute approximate surface area is 142 Å². The lowest BCUT2D eigenvalue weighted by molar-refractivity contribution is 0.102. The number of carbonyl (C=O) groups is 1. The number of rotatable bonds is 5. The molecule has 0 unspecified atom stereocenters. The smallest absolute Gasteiger partial charge is 0.275 e. The predicted octanol–water partition coefficient (Wildman–Crippen LogP) is 2.99. The zero-order valence-corrected chi connectivity index (χ0v) is 14.1. The number of hydrogen-bond donors (Lipinski definition) is 2. The Balaban J connectivity index is 0.00000220. The van der Waals surface area contributed by atoms with Crippen molar-refractivity contribution in [2.24, 2.45) is 0 Å². The quantitative estimate of drug-likeness (QED) is 0.876. The largest absolute Gasteiger partial charge is 0.320 e. The molecule has 0 atom stereocenters. The fourth-order valence-corrected chi connectivity index (χ4v) is 1.75. The molecule has 2 aromatic rings. The SMILES string of the molecule is CCNCc1ccccc1NC(=O)c1cnc(C)cn1.Cl.Cl. The number of aromatic nitrogens is 2. The Morgan fingerprint density at radius 2 is 1.86 bits per heavy atom. The number of anilines is 1. The van der Waals surface area contributed by atoms with E-state index in [1.807, 2.05) is 38.1 Å². The predicted molar refractivity (Wildman–Crippen MR) is 93.0 cm³/mol. The van der Waals surface area contributed by atoms with E-state index in [1.54, 1.807) is 6.20 Å². The number of carbonyl (C=O) groups excluding carboxylic acids is 1.